The van der Waals surface area contributed by atoms with Crippen LogP contribution in [-0.2, 0) is 15.0 Å². The zero-order valence-electron chi connectivity index (χ0n) is 17.1. The molecule has 2 aromatic carbocycles. The summed E-state index contributed by atoms with van der Waals surface area (Å²) in [7, 11) is 0. The van der Waals surface area contributed by atoms with E-state index in [0.29, 0.717) is 11.3 Å². The molecule has 3 amide bonds. The second-order valence-corrected chi connectivity index (χ2v) is 7.66. The van der Waals surface area contributed by atoms with Crippen molar-refractivity contribution in [1.29, 1.82) is 0 Å². The van der Waals surface area contributed by atoms with E-state index >= 15 is 0 Å². The maximum absolute atomic E-state index is 12.0. The van der Waals surface area contributed by atoms with Gasteiger partial charge >= 0.3 is 0 Å². The van der Waals surface area contributed by atoms with Gasteiger partial charge in [-0.15, -0.1) is 0 Å². The Balaban J connectivity index is 1.74. The van der Waals surface area contributed by atoms with Gasteiger partial charge in [0.2, 0.25) is 0 Å². The van der Waals surface area contributed by atoms with Gasteiger partial charge in [-0.3, -0.25) is 25.2 Å². The number of carbonyl (C=O) groups excluding carboxylic acids is 3. The Morgan fingerprint density at radius 1 is 0.931 bits per heavy atom. The number of hydrazine groups is 1. The van der Waals surface area contributed by atoms with Gasteiger partial charge in [-0.25, -0.2) is 0 Å². The molecule has 7 heteroatoms. The highest BCUT2D eigenvalue weighted by Gasteiger charge is 2.17. The van der Waals surface area contributed by atoms with Crippen LogP contribution in [0.15, 0.2) is 54.6 Å². The number of nitrogens with one attached hydrogen (secondary N) is 3. The van der Waals surface area contributed by atoms with Gasteiger partial charge in [0.25, 0.3) is 17.7 Å². The zero-order chi connectivity index (χ0) is 21.4. The Morgan fingerprint density at radius 3 is 2.14 bits per heavy atom. The molecule has 0 aliphatic rings. The van der Waals surface area contributed by atoms with Crippen molar-refractivity contribution in [2.45, 2.75) is 39.2 Å². The Morgan fingerprint density at radius 2 is 1.55 bits per heavy atom. The molecule has 29 heavy (non-hydrogen) atoms. The number of rotatable bonds is 6. The first-order valence-corrected chi connectivity index (χ1v) is 9.35. The largest absolute Gasteiger partial charge is 0.484 e. The van der Waals surface area contributed by atoms with Gasteiger partial charge in [0, 0.05) is 5.56 Å². The minimum atomic E-state index is -0.825. The van der Waals surface area contributed by atoms with E-state index in [4.69, 9.17) is 4.74 Å². The third kappa shape index (κ3) is 6.95. The van der Waals surface area contributed by atoms with Crippen LogP contribution in [0.2, 0.25) is 0 Å². The first kappa shape index (κ1) is 21.9. The van der Waals surface area contributed by atoms with Gasteiger partial charge in [-0.2, -0.15) is 0 Å². The van der Waals surface area contributed by atoms with Crippen LogP contribution in [0.1, 0.15) is 43.6 Å². The molecule has 0 bridgehead atoms. The van der Waals surface area contributed by atoms with Crippen molar-refractivity contribution in [3.05, 3.63) is 65.7 Å². The maximum Gasteiger partial charge on any atom is 0.276 e. The first-order valence-electron chi connectivity index (χ1n) is 9.35. The second kappa shape index (κ2) is 9.73. The third-order valence-corrected chi connectivity index (χ3v) is 4.19. The van der Waals surface area contributed by atoms with E-state index in [0.717, 1.165) is 5.56 Å². The fourth-order valence-electron chi connectivity index (χ4n) is 2.41. The summed E-state index contributed by atoms with van der Waals surface area (Å²) < 4.78 is 5.42. The Hall–Kier alpha value is -3.35. The van der Waals surface area contributed by atoms with Crippen LogP contribution in [0.3, 0.4) is 0 Å². The molecule has 0 aliphatic carbocycles. The lowest BCUT2D eigenvalue weighted by molar-refractivity contribution is -0.130. The summed E-state index contributed by atoms with van der Waals surface area (Å²) in [4.78, 5) is 36.0. The van der Waals surface area contributed by atoms with Crippen LogP contribution >= 0.6 is 0 Å². The van der Waals surface area contributed by atoms with Crippen LogP contribution in [0, 0.1) is 0 Å². The highest BCUT2D eigenvalue weighted by atomic mass is 16.5. The molecule has 0 radical (unpaired) electrons. The number of benzene rings is 2. The molecular weight excluding hydrogens is 370 g/mol. The quantitative estimate of drug-likeness (QED) is 0.652. The molecule has 2 rings (SSSR count). The molecule has 0 fully saturated rings. The first-order chi connectivity index (χ1) is 13.7. The van der Waals surface area contributed by atoms with Gasteiger partial charge in [0.1, 0.15) is 11.8 Å². The summed E-state index contributed by atoms with van der Waals surface area (Å²) in [6, 6.07) is 15.2. The molecule has 1 unspecified atom stereocenters. The van der Waals surface area contributed by atoms with Gasteiger partial charge in [-0.05, 0) is 42.2 Å². The minimum absolute atomic E-state index is 0.0345. The third-order valence-electron chi connectivity index (χ3n) is 4.19. The number of carbonyl (C=O) groups is 3. The molecule has 7 nitrogen and oxygen atoms in total. The zero-order valence-corrected chi connectivity index (χ0v) is 17.1. The number of amides is 3. The molecule has 154 valence electrons. The monoisotopic (exact) mass is 397 g/mol. The smallest absolute Gasteiger partial charge is 0.276 e. The molecule has 3 N–H and O–H groups in total. The highest BCUT2D eigenvalue weighted by molar-refractivity contribution is 5.97. The Labute approximate surface area is 170 Å². The molecule has 0 spiro atoms. The van der Waals surface area contributed by atoms with Gasteiger partial charge in [0.15, 0.2) is 6.61 Å². The van der Waals surface area contributed by atoms with Gasteiger partial charge in [0.05, 0.1) is 0 Å². The molecule has 0 aliphatic heterocycles. The molecule has 0 aromatic heterocycles. The van der Waals surface area contributed by atoms with Crippen LogP contribution in [0.25, 0.3) is 0 Å². The van der Waals surface area contributed by atoms with E-state index in [1.54, 1.807) is 42.5 Å². The van der Waals surface area contributed by atoms with E-state index in [-0.39, 0.29) is 17.9 Å². The average Bonchev–Trinajstić information content (AvgIpc) is 2.70. The maximum atomic E-state index is 12.0. The van der Waals surface area contributed by atoms with Crippen molar-refractivity contribution < 1.29 is 19.1 Å². The second-order valence-electron chi connectivity index (χ2n) is 7.66. The van der Waals surface area contributed by atoms with E-state index in [2.05, 4.69) is 36.9 Å². The van der Waals surface area contributed by atoms with E-state index in [1.807, 2.05) is 12.1 Å². The lowest BCUT2D eigenvalue weighted by Crippen LogP contribution is -2.51. The average molecular weight is 397 g/mol. The summed E-state index contributed by atoms with van der Waals surface area (Å²) in [5.41, 5.74) is 6.18. The Bertz CT molecular complexity index is 843. The summed E-state index contributed by atoms with van der Waals surface area (Å²) in [6.07, 6.45) is 0. The van der Waals surface area contributed by atoms with Crippen LogP contribution in [0.4, 0.5) is 0 Å². The summed E-state index contributed by atoms with van der Waals surface area (Å²) in [5, 5.41) is 2.56. The lowest BCUT2D eigenvalue weighted by Gasteiger charge is -2.19. The minimum Gasteiger partial charge on any atom is -0.484 e. The molecule has 1 atom stereocenters. The van der Waals surface area contributed by atoms with Crippen molar-refractivity contribution in [3.8, 4) is 5.75 Å². The number of ether oxygens (including phenoxy) is 1. The predicted molar refractivity (Wildman–Crippen MR) is 110 cm³/mol. The number of hydrogen-bond acceptors (Lipinski definition) is 4. The lowest BCUT2D eigenvalue weighted by atomic mass is 9.87. The fourth-order valence-corrected chi connectivity index (χ4v) is 2.41. The van der Waals surface area contributed by atoms with Gasteiger partial charge < -0.3 is 10.1 Å². The van der Waals surface area contributed by atoms with Crippen molar-refractivity contribution in [1.82, 2.24) is 16.2 Å². The topological polar surface area (TPSA) is 96.5 Å². The van der Waals surface area contributed by atoms with Crippen LogP contribution < -0.4 is 20.9 Å². The highest BCUT2D eigenvalue weighted by Crippen LogP contribution is 2.24. The van der Waals surface area contributed by atoms with Crippen molar-refractivity contribution >= 4 is 17.7 Å². The Kier molecular flexibility index (Phi) is 7.36. The van der Waals surface area contributed by atoms with Crippen molar-refractivity contribution in [2.75, 3.05) is 6.61 Å². The SMILES string of the molecule is CC(NC(=O)c1ccccc1)C(=O)NNC(=O)COc1ccc(C(C)(C)C)cc1. The predicted octanol–water partition coefficient (Wildman–Crippen LogP) is 2.33. The van der Waals surface area contributed by atoms with E-state index in [9.17, 15) is 14.4 Å². The standard InChI is InChI=1S/C22H27N3O4/c1-15(23-21(28)16-8-6-5-7-9-16)20(27)25-24-19(26)14-29-18-12-10-17(11-13-18)22(2,3)4/h5-13,15H,14H2,1-4H3,(H,23,28)(H,24,26)(H,25,27). The molecule has 0 saturated carbocycles. The normalized spacial score (nSPS) is 11.9. The molecule has 2 aromatic rings. The molecule has 0 heterocycles. The van der Waals surface area contributed by atoms with Crippen LogP contribution in [-0.4, -0.2) is 30.4 Å². The van der Waals surface area contributed by atoms with Crippen molar-refractivity contribution in [2.24, 2.45) is 0 Å². The van der Waals surface area contributed by atoms with E-state index < -0.39 is 17.9 Å². The molecular formula is C22H27N3O4. The fraction of sp³-hybridized carbons (Fsp3) is 0.318. The van der Waals surface area contributed by atoms with Crippen LogP contribution in [0.5, 0.6) is 5.75 Å². The summed E-state index contributed by atoms with van der Waals surface area (Å²) >= 11 is 0. The van der Waals surface area contributed by atoms with Gasteiger partial charge in [-0.1, -0.05) is 51.1 Å². The summed E-state index contributed by atoms with van der Waals surface area (Å²) in [5.74, 6) is -0.874. The van der Waals surface area contributed by atoms with E-state index in [1.165, 1.54) is 6.92 Å². The molecule has 0 saturated heterocycles. The van der Waals surface area contributed by atoms with Crippen molar-refractivity contribution in [3.63, 3.8) is 0 Å². The summed E-state index contributed by atoms with van der Waals surface area (Å²) in [6.45, 7) is 7.61. The number of hydrogen-bond donors (Lipinski definition) is 3.